The molecule has 1 aliphatic rings. The Bertz CT molecular complexity index is 1020. The van der Waals surface area contributed by atoms with Gasteiger partial charge in [0.2, 0.25) is 0 Å². The lowest BCUT2D eigenvalue weighted by atomic mass is 9.98. The van der Waals surface area contributed by atoms with Gasteiger partial charge in [0.15, 0.2) is 5.78 Å². The molecule has 0 radical (unpaired) electrons. The van der Waals surface area contributed by atoms with Gasteiger partial charge in [0.05, 0.1) is 0 Å². The van der Waals surface area contributed by atoms with Crippen molar-refractivity contribution < 1.29 is 4.79 Å². The van der Waals surface area contributed by atoms with Crippen LogP contribution in [0.1, 0.15) is 32.6 Å². The summed E-state index contributed by atoms with van der Waals surface area (Å²) in [6.07, 6.45) is 6.64. The molecule has 1 aliphatic carbocycles. The monoisotopic (exact) mass is 386 g/mol. The van der Waals surface area contributed by atoms with Crippen molar-refractivity contribution in [2.75, 3.05) is 0 Å². The first kappa shape index (κ1) is 15.9. The molecule has 0 saturated heterocycles. The standard InChI is InChI=1S/C23H15BrO/c1-2-15-3-5-16(6-4-15)11-23(25)17-7-9-21-18(12-17)13-19-14-20(24)8-10-22(19)21/h1,3-10,12,14H,11,13H2. The van der Waals surface area contributed by atoms with Gasteiger partial charge in [-0.25, -0.2) is 0 Å². The van der Waals surface area contributed by atoms with Crippen molar-refractivity contribution in [2.24, 2.45) is 0 Å². The minimum Gasteiger partial charge on any atom is -0.294 e. The van der Waals surface area contributed by atoms with Crippen LogP contribution in [0.3, 0.4) is 0 Å². The Morgan fingerprint density at radius 2 is 1.64 bits per heavy atom. The second kappa shape index (κ2) is 6.35. The molecule has 25 heavy (non-hydrogen) atoms. The summed E-state index contributed by atoms with van der Waals surface area (Å²) in [5, 5.41) is 0. The Hall–Kier alpha value is -2.63. The van der Waals surface area contributed by atoms with Gasteiger partial charge < -0.3 is 0 Å². The number of rotatable bonds is 3. The summed E-state index contributed by atoms with van der Waals surface area (Å²) < 4.78 is 1.09. The van der Waals surface area contributed by atoms with E-state index in [0.717, 1.165) is 27.6 Å². The SMILES string of the molecule is C#Cc1ccc(CC(=O)c2ccc3c(c2)Cc2cc(Br)ccc2-3)cc1. The summed E-state index contributed by atoms with van der Waals surface area (Å²) in [7, 11) is 0. The maximum Gasteiger partial charge on any atom is 0.167 e. The maximum atomic E-state index is 12.6. The molecule has 0 unspecified atom stereocenters. The quantitative estimate of drug-likeness (QED) is 0.339. The third-order valence-electron chi connectivity index (χ3n) is 4.65. The number of hydrogen-bond acceptors (Lipinski definition) is 1. The molecule has 0 N–H and O–H groups in total. The molecule has 0 saturated carbocycles. The number of hydrogen-bond donors (Lipinski definition) is 0. The second-order valence-electron chi connectivity index (χ2n) is 6.29. The van der Waals surface area contributed by atoms with Gasteiger partial charge in [-0.3, -0.25) is 4.79 Å². The van der Waals surface area contributed by atoms with E-state index in [1.807, 2.05) is 36.4 Å². The summed E-state index contributed by atoms with van der Waals surface area (Å²) in [6.45, 7) is 0. The van der Waals surface area contributed by atoms with Crippen molar-refractivity contribution in [2.45, 2.75) is 12.8 Å². The van der Waals surface area contributed by atoms with Crippen molar-refractivity contribution in [3.05, 3.63) is 93.0 Å². The molecule has 0 aliphatic heterocycles. The summed E-state index contributed by atoms with van der Waals surface area (Å²) >= 11 is 3.53. The highest BCUT2D eigenvalue weighted by Gasteiger charge is 2.20. The second-order valence-corrected chi connectivity index (χ2v) is 7.21. The number of carbonyl (C=O) groups excluding carboxylic acids is 1. The molecule has 0 bridgehead atoms. The van der Waals surface area contributed by atoms with Gasteiger partial charge in [-0.1, -0.05) is 52.2 Å². The van der Waals surface area contributed by atoms with Crippen LogP contribution in [0.25, 0.3) is 11.1 Å². The van der Waals surface area contributed by atoms with Crippen LogP contribution in [-0.4, -0.2) is 5.78 Å². The van der Waals surface area contributed by atoms with Crippen LogP contribution in [0, 0.1) is 12.3 Å². The maximum absolute atomic E-state index is 12.6. The van der Waals surface area contributed by atoms with E-state index in [0.29, 0.717) is 6.42 Å². The third kappa shape index (κ3) is 3.04. The van der Waals surface area contributed by atoms with Gasteiger partial charge in [0.1, 0.15) is 0 Å². The van der Waals surface area contributed by atoms with E-state index >= 15 is 0 Å². The van der Waals surface area contributed by atoms with E-state index in [1.54, 1.807) is 0 Å². The molecule has 0 aromatic heterocycles. The fourth-order valence-electron chi connectivity index (χ4n) is 3.36. The highest BCUT2D eigenvalue weighted by atomic mass is 79.9. The highest BCUT2D eigenvalue weighted by Crippen LogP contribution is 2.38. The number of terminal acetylenes is 1. The van der Waals surface area contributed by atoms with Crippen LogP contribution in [0.15, 0.2) is 65.1 Å². The molecule has 0 heterocycles. The number of ketones is 1. The Morgan fingerprint density at radius 3 is 2.36 bits per heavy atom. The Balaban J connectivity index is 1.58. The number of Topliss-reactive ketones (excluding diaryl/α,β-unsaturated/α-hetero) is 1. The fourth-order valence-corrected chi connectivity index (χ4v) is 3.77. The topological polar surface area (TPSA) is 17.1 Å². The number of halogens is 1. The van der Waals surface area contributed by atoms with E-state index in [9.17, 15) is 4.79 Å². The predicted molar refractivity (Wildman–Crippen MR) is 105 cm³/mol. The van der Waals surface area contributed by atoms with E-state index in [-0.39, 0.29) is 5.78 Å². The third-order valence-corrected chi connectivity index (χ3v) is 5.14. The van der Waals surface area contributed by atoms with Crippen LogP contribution >= 0.6 is 15.9 Å². The van der Waals surface area contributed by atoms with E-state index < -0.39 is 0 Å². The summed E-state index contributed by atoms with van der Waals surface area (Å²) in [4.78, 5) is 12.6. The minimum atomic E-state index is 0.133. The van der Waals surface area contributed by atoms with Crippen molar-refractivity contribution in [1.29, 1.82) is 0 Å². The first-order chi connectivity index (χ1) is 12.1. The summed E-state index contributed by atoms with van der Waals surface area (Å²) in [6, 6.07) is 20.0. The lowest BCUT2D eigenvalue weighted by Crippen LogP contribution is -2.04. The molecule has 0 amide bonds. The number of fused-ring (bicyclic) bond motifs is 3. The van der Waals surface area contributed by atoms with Gasteiger partial charge in [-0.2, -0.15) is 0 Å². The van der Waals surface area contributed by atoms with Crippen LogP contribution < -0.4 is 0 Å². The predicted octanol–water partition coefficient (Wildman–Crippen LogP) is 5.43. The van der Waals surface area contributed by atoms with Gasteiger partial charge in [0.25, 0.3) is 0 Å². The van der Waals surface area contributed by atoms with Crippen molar-refractivity contribution in [3.63, 3.8) is 0 Å². The zero-order chi connectivity index (χ0) is 17.4. The Kier molecular flexibility index (Phi) is 4.03. The smallest absolute Gasteiger partial charge is 0.167 e. The first-order valence-electron chi connectivity index (χ1n) is 8.14. The first-order valence-corrected chi connectivity index (χ1v) is 8.94. The fraction of sp³-hybridized carbons (Fsp3) is 0.0870. The Labute approximate surface area is 155 Å². The van der Waals surface area contributed by atoms with Gasteiger partial charge in [0, 0.05) is 22.0 Å². The number of benzene rings is 3. The van der Waals surface area contributed by atoms with E-state index in [1.165, 1.54) is 22.3 Å². The molecule has 3 aromatic rings. The average molecular weight is 387 g/mol. The van der Waals surface area contributed by atoms with Gasteiger partial charge in [-0.05, 0) is 64.6 Å². The molecule has 0 atom stereocenters. The molecular formula is C23H15BrO. The van der Waals surface area contributed by atoms with Gasteiger partial charge in [-0.15, -0.1) is 6.42 Å². The van der Waals surface area contributed by atoms with Crippen molar-refractivity contribution in [3.8, 4) is 23.5 Å². The molecule has 0 spiro atoms. The molecule has 4 rings (SSSR count). The molecule has 2 heteroatoms. The lowest BCUT2D eigenvalue weighted by Gasteiger charge is -2.06. The van der Waals surface area contributed by atoms with Crippen LogP contribution in [0.2, 0.25) is 0 Å². The van der Waals surface area contributed by atoms with Crippen molar-refractivity contribution >= 4 is 21.7 Å². The summed E-state index contributed by atoms with van der Waals surface area (Å²) in [5.74, 6) is 2.72. The van der Waals surface area contributed by atoms with E-state index in [2.05, 4.69) is 46.1 Å². The highest BCUT2D eigenvalue weighted by molar-refractivity contribution is 9.10. The average Bonchev–Trinajstić information content (AvgIpc) is 2.98. The zero-order valence-electron chi connectivity index (χ0n) is 13.6. The number of carbonyl (C=O) groups is 1. The Morgan fingerprint density at radius 1 is 0.960 bits per heavy atom. The minimum absolute atomic E-state index is 0.133. The van der Waals surface area contributed by atoms with E-state index in [4.69, 9.17) is 6.42 Å². The van der Waals surface area contributed by atoms with Crippen LogP contribution in [0.4, 0.5) is 0 Å². The molecular weight excluding hydrogens is 372 g/mol. The molecule has 3 aromatic carbocycles. The largest absolute Gasteiger partial charge is 0.294 e. The van der Waals surface area contributed by atoms with Gasteiger partial charge >= 0.3 is 0 Å². The molecule has 0 fully saturated rings. The van der Waals surface area contributed by atoms with Crippen LogP contribution in [0.5, 0.6) is 0 Å². The normalized spacial score (nSPS) is 11.5. The zero-order valence-corrected chi connectivity index (χ0v) is 15.1. The van der Waals surface area contributed by atoms with Crippen molar-refractivity contribution in [1.82, 2.24) is 0 Å². The summed E-state index contributed by atoms with van der Waals surface area (Å²) in [5.41, 5.74) is 7.61. The molecule has 1 nitrogen and oxygen atoms in total. The molecule has 120 valence electrons. The van der Waals surface area contributed by atoms with Crippen LogP contribution in [-0.2, 0) is 12.8 Å². The lowest BCUT2D eigenvalue weighted by molar-refractivity contribution is 0.0993.